The van der Waals surface area contributed by atoms with Gasteiger partial charge in [-0.1, -0.05) is 13.8 Å². The maximum absolute atomic E-state index is 10.8. The first-order valence-corrected chi connectivity index (χ1v) is 7.25. The van der Waals surface area contributed by atoms with E-state index in [1.54, 1.807) is 12.4 Å². The van der Waals surface area contributed by atoms with E-state index in [-0.39, 0.29) is 5.92 Å². The molecule has 7 heteroatoms. The maximum atomic E-state index is 10.8. The van der Waals surface area contributed by atoms with Gasteiger partial charge in [0.25, 0.3) is 0 Å². The van der Waals surface area contributed by atoms with Crippen molar-refractivity contribution in [3.63, 3.8) is 0 Å². The summed E-state index contributed by atoms with van der Waals surface area (Å²) in [5.74, 6) is 1.96. The number of aromatic nitrogens is 5. The highest BCUT2D eigenvalue weighted by atomic mass is 16.3. The van der Waals surface area contributed by atoms with E-state index in [4.69, 9.17) is 0 Å². The largest absolute Gasteiger partial charge is 0.382 e. The lowest BCUT2D eigenvalue weighted by atomic mass is 9.90. The minimum absolute atomic E-state index is 0.282. The lowest BCUT2D eigenvalue weighted by Crippen LogP contribution is -2.46. The molecule has 21 heavy (non-hydrogen) atoms. The Morgan fingerprint density at radius 2 is 2.29 bits per heavy atom. The van der Waals surface area contributed by atoms with Crippen LogP contribution < -0.4 is 4.90 Å². The molecule has 1 aliphatic rings. The molecule has 0 aromatic carbocycles. The number of piperidine rings is 1. The monoisotopic (exact) mass is 288 g/mol. The molecule has 7 nitrogen and oxygen atoms in total. The normalized spacial score (nSPS) is 22.8. The second kappa shape index (κ2) is 5.40. The second-order valence-corrected chi connectivity index (χ2v) is 5.84. The van der Waals surface area contributed by atoms with Gasteiger partial charge in [-0.05, 0) is 18.9 Å². The van der Waals surface area contributed by atoms with Crippen molar-refractivity contribution in [2.75, 3.05) is 18.0 Å². The first-order chi connectivity index (χ1) is 10.1. The van der Waals surface area contributed by atoms with Gasteiger partial charge in [0.2, 0.25) is 0 Å². The number of aliphatic hydroxyl groups is 1. The third-order valence-electron chi connectivity index (χ3n) is 3.86. The standard InChI is InChI=1S/C14H20N6O/c1-10(2)13-15-6-4-12(17-13)20-7-3-5-14(21,9-20)11-8-16-19-18-11/h4,6,8,10,21H,3,5,7,9H2,1-2H3,(H,16,18,19). The number of H-pyrrole nitrogens is 1. The van der Waals surface area contributed by atoms with Crippen molar-refractivity contribution in [1.29, 1.82) is 0 Å². The summed E-state index contributed by atoms with van der Waals surface area (Å²) in [7, 11) is 0. The average molecular weight is 288 g/mol. The predicted molar refractivity (Wildman–Crippen MR) is 77.8 cm³/mol. The number of β-amino-alcohol motifs (C(OH)–C–C–N with tert-alkyl or cyclic N) is 1. The number of anilines is 1. The Hall–Kier alpha value is -2.02. The van der Waals surface area contributed by atoms with Gasteiger partial charge in [0.15, 0.2) is 0 Å². The van der Waals surface area contributed by atoms with Crippen LogP contribution in [0.4, 0.5) is 5.82 Å². The van der Waals surface area contributed by atoms with Crippen LogP contribution >= 0.6 is 0 Å². The van der Waals surface area contributed by atoms with E-state index in [1.807, 2.05) is 6.07 Å². The molecule has 0 spiro atoms. The van der Waals surface area contributed by atoms with E-state index in [2.05, 4.69) is 44.1 Å². The van der Waals surface area contributed by atoms with Crippen LogP contribution in [0.2, 0.25) is 0 Å². The molecular weight excluding hydrogens is 268 g/mol. The minimum Gasteiger partial charge on any atom is -0.382 e. The Labute approximate surface area is 123 Å². The zero-order valence-corrected chi connectivity index (χ0v) is 12.3. The smallest absolute Gasteiger partial charge is 0.133 e. The lowest BCUT2D eigenvalue weighted by molar-refractivity contribution is 0.0174. The van der Waals surface area contributed by atoms with E-state index in [0.29, 0.717) is 18.7 Å². The van der Waals surface area contributed by atoms with E-state index in [9.17, 15) is 5.11 Å². The Bertz CT molecular complexity index is 599. The second-order valence-electron chi connectivity index (χ2n) is 5.84. The van der Waals surface area contributed by atoms with Gasteiger partial charge in [-0.2, -0.15) is 15.4 Å². The Kier molecular flexibility index (Phi) is 3.59. The summed E-state index contributed by atoms with van der Waals surface area (Å²) in [5, 5.41) is 21.2. The molecule has 2 N–H and O–H groups in total. The van der Waals surface area contributed by atoms with Gasteiger partial charge in [-0.25, -0.2) is 9.97 Å². The fourth-order valence-electron chi connectivity index (χ4n) is 2.68. The summed E-state index contributed by atoms with van der Waals surface area (Å²) in [6, 6.07) is 1.89. The summed E-state index contributed by atoms with van der Waals surface area (Å²) in [6.07, 6.45) is 4.92. The molecule has 1 unspecified atom stereocenters. The zero-order valence-electron chi connectivity index (χ0n) is 12.3. The Morgan fingerprint density at radius 3 is 3.00 bits per heavy atom. The summed E-state index contributed by atoms with van der Waals surface area (Å²) in [6.45, 7) is 5.48. The topological polar surface area (TPSA) is 90.8 Å². The molecule has 1 saturated heterocycles. The number of nitrogens with zero attached hydrogens (tertiary/aromatic N) is 5. The first kappa shape index (κ1) is 13.9. The highest BCUT2D eigenvalue weighted by Gasteiger charge is 2.37. The van der Waals surface area contributed by atoms with Crippen LogP contribution in [0.25, 0.3) is 0 Å². The van der Waals surface area contributed by atoms with Crippen LogP contribution in [0.1, 0.15) is 44.1 Å². The molecule has 1 atom stereocenters. The van der Waals surface area contributed by atoms with E-state index >= 15 is 0 Å². The quantitative estimate of drug-likeness (QED) is 0.882. The van der Waals surface area contributed by atoms with Gasteiger partial charge in [0.1, 0.15) is 22.9 Å². The molecule has 0 amide bonds. The van der Waals surface area contributed by atoms with Crippen LogP contribution in [0.5, 0.6) is 0 Å². The molecule has 1 fully saturated rings. The summed E-state index contributed by atoms with van der Waals surface area (Å²) in [5.41, 5.74) is -0.390. The predicted octanol–water partition coefficient (Wildman–Crippen LogP) is 1.21. The highest BCUT2D eigenvalue weighted by molar-refractivity contribution is 5.40. The fourth-order valence-corrected chi connectivity index (χ4v) is 2.68. The van der Waals surface area contributed by atoms with Gasteiger partial charge in [-0.3, -0.25) is 0 Å². The van der Waals surface area contributed by atoms with Crippen molar-refractivity contribution >= 4 is 5.82 Å². The van der Waals surface area contributed by atoms with Gasteiger partial charge in [-0.15, -0.1) is 0 Å². The molecular formula is C14H20N6O. The third kappa shape index (κ3) is 2.73. The maximum Gasteiger partial charge on any atom is 0.133 e. The van der Waals surface area contributed by atoms with Crippen molar-refractivity contribution in [2.45, 2.75) is 38.2 Å². The van der Waals surface area contributed by atoms with Crippen molar-refractivity contribution in [1.82, 2.24) is 25.4 Å². The van der Waals surface area contributed by atoms with Gasteiger partial charge < -0.3 is 10.0 Å². The molecule has 2 aromatic heterocycles. The van der Waals surface area contributed by atoms with Crippen LogP contribution in [-0.2, 0) is 5.60 Å². The molecule has 3 heterocycles. The van der Waals surface area contributed by atoms with E-state index in [1.165, 1.54) is 0 Å². The number of hydrogen-bond acceptors (Lipinski definition) is 6. The number of aromatic amines is 1. The van der Waals surface area contributed by atoms with E-state index < -0.39 is 5.60 Å². The minimum atomic E-state index is -0.978. The average Bonchev–Trinajstić information content (AvgIpc) is 3.02. The molecule has 0 radical (unpaired) electrons. The first-order valence-electron chi connectivity index (χ1n) is 7.25. The fraction of sp³-hybridized carbons (Fsp3) is 0.571. The van der Waals surface area contributed by atoms with Gasteiger partial charge >= 0.3 is 0 Å². The number of nitrogens with one attached hydrogen (secondary N) is 1. The number of hydrogen-bond donors (Lipinski definition) is 2. The third-order valence-corrected chi connectivity index (χ3v) is 3.86. The van der Waals surface area contributed by atoms with Crippen LogP contribution in [0.15, 0.2) is 18.5 Å². The highest BCUT2D eigenvalue weighted by Crippen LogP contribution is 2.31. The van der Waals surface area contributed by atoms with Crippen LogP contribution in [0.3, 0.4) is 0 Å². The van der Waals surface area contributed by atoms with Gasteiger partial charge in [0.05, 0.1) is 12.7 Å². The van der Waals surface area contributed by atoms with Crippen molar-refractivity contribution in [2.24, 2.45) is 0 Å². The number of rotatable bonds is 3. The lowest BCUT2D eigenvalue weighted by Gasteiger charge is -2.38. The summed E-state index contributed by atoms with van der Waals surface area (Å²) >= 11 is 0. The molecule has 2 aromatic rings. The molecule has 0 aliphatic carbocycles. The summed E-state index contributed by atoms with van der Waals surface area (Å²) < 4.78 is 0. The van der Waals surface area contributed by atoms with Gasteiger partial charge in [0, 0.05) is 18.7 Å². The molecule has 1 aliphatic heterocycles. The molecule has 0 bridgehead atoms. The zero-order chi connectivity index (χ0) is 14.9. The SMILES string of the molecule is CC(C)c1nccc(N2CCCC(O)(c3cn[nH]n3)C2)n1. The molecule has 0 saturated carbocycles. The summed E-state index contributed by atoms with van der Waals surface area (Å²) in [4.78, 5) is 11.0. The van der Waals surface area contributed by atoms with Crippen LogP contribution in [0, 0.1) is 0 Å². The Balaban J connectivity index is 1.85. The van der Waals surface area contributed by atoms with E-state index in [0.717, 1.165) is 24.6 Å². The van der Waals surface area contributed by atoms with Crippen molar-refractivity contribution in [3.05, 3.63) is 30.0 Å². The molecule has 3 rings (SSSR count). The van der Waals surface area contributed by atoms with Crippen molar-refractivity contribution in [3.8, 4) is 0 Å². The Morgan fingerprint density at radius 1 is 1.43 bits per heavy atom. The molecule has 112 valence electrons. The van der Waals surface area contributed by atoms with Crippen molar-refractivity contribution < 1.29 is 5.11 Å². The van der Waals surface area contributed by atoms with Crippen LogP contribution in [-0.4, -0.2) is 43.6 Å².